The van der Waals surface area contributed by atoms with Crippen molar-refractivity contribution in [2.45, 2.75) is 15.0 Å². The average molecular weight is 539 g/mol. The van der Waals surface area contributed by atoms with E-state index in [2.05, 4.69) is 20.9 Å². The molecule has 0 saturated heterocycles. The zero-order chi connectivity index (χ0) is 22.0. The Hall–Kier alpha value is -2.33. The number of rotatable bonds is 7. The third-order valence-corrected chi connectivity index (χ3v) is 7.71. The molecule has 31 heavy (non-hydrogen) atoms. The number of ketones is 1. The molecule has 0 bridgehead atoms. The highest BCUT2D eigenvalue weighted by atomic mass is 79.9. The highest BCUT2D eigenvalue weighted by molar-refractivity contribution is 9.10. The third kappa shape index (κ3) is 4.79. The molecular formula is C21H13BrClNO5S2. The number of halogens is 2. The van der Waals surface area contributed by atoms with Crippen molar-refractivity contribution in [1.29, 1.82) is 0 Å². The molecule has 4 rings (SSSR count). The van der Waals surface area contributed by atoms with E-state index in [1.54, 1.807) is 48.5 Å². The van der Waals surface area contributed by atoms with Crippen molar-refractivity contribution >= 4 is 54.9 Å². The Morgan fingerprint density at radius 3 is 2.42 bits per heavy atom. The minimum Gasteiger partial charge on any atom is -0.459 e. The van der Waals surface area contributed by atoms with Crippen molar-refractivity contribution in [2.24, 2.45) is 0 Å². The van der Waals surface area contributed by atoms with Gasteiger partial charge in [0.1, 0.15) is 0 Å². The SMILES string of the molecule is O=C(CSc1oc(-c2ccco2)nc1S(=O)(=O)c1ccc(Br)cc1)c1ccc(Cl)cc1. The zero-order valence-electron chi connectivity index (χ0n) is 15.6. The molecule has 2 aromatic heterocycles. The molecule has 0 radical (unpaired) electrons. The van der Waals surface area contributed by atoms with Crippen LogP contribution in [0, 0.1) is 0 Å². The molecule has 0 aliphatic carbocycles. The van der Waals surface area contributed by atoms with Crippen molar-refractivity contribution in [3.05, 3.63) is 82.0 Å². The van der Waals surface area contributed by atoms with Crippen LogP contribution in [0.3, 0.4) is 0 Å². The van der Waals surface area contributed by atoms with E-state index in [9.17, 15) is 13.2 Å². The van der Waals surface area contributed by atoms with Gasteiger partial charge in [-0.05, 0) is 60.7 Å². The fourth-order valence-electron chi connectivity index (χ4n) is 2.63. The highest BCUT2D eigenvalue weighted by Gasteiger charge is 2.29. The molecule has 10 heteroatoms. The Bertz CT molecular complexity index is 1320. The molecule has 0 aliphatic rings. The molecule has 2 aromatic carbocycles. The van der Waals surface area contributed by atoms with Crippen LogP contribution in [0.5, 0.6) is 0 Å². The van der Waals surface area contributed by atoms with Crippen LogP contribution in [0.25, 0.3) is 11.7 Å². The number of Topliss-reactive ketones (excluding diaryl/α,β-unsaturated/α-hetero) is 1. The molecule has 6 nitrogen and oxygen atoms in total. The summed E-state index contributed by atoms with van der Waals surface area (Å²) in [5.74, 6) is 0.0481. The smallest absolute Gasteiger partial charge is 0.265 e. The molecule has 0 aliphatic heterocycles. The van der Waals surface area contributed by atoms with Gasteiger partial charge in [0.25, 0.3) is 5.89 Å². The van der Waals surface area contributed by atoms with Gasteiger partial charge in [-0.3, -0.25) is 4.79 Å². The fraction of sp³-hybridized carbons (Fsp3) is 0.0476. The number of benzene rings is 2. The van der Waals surface area contributed by atoms with Gasteiger partial charge < -0.3 is 8.83 Å². The normalized spacial score (nSPS) is 11.5. The molecule has 0 N–H and O–H groups in total. The number of carbonyl (C=O) groups excluding carboxylic acids is 1. The molecule has 0 amide bonds. The van der Waals surface area contributed by atoms with Gasteiger partial charge in [0.2, 0.25) is 20.0 Å². The number of oxazole rings is 1. The number of carbonyl (C=O) groups is 1. The van der Waals surface area contributed by atoms with Crippen LogP contribution in [0.4, 0.5) is 0 Å². The van der Waals surface area contributed by atoms with E-state index >= 15 is 0 Å². The second-order valence-corrected chi connectivity index (χ2v) is 10.4. The van der Waals surface area contributed by atoms with Gasteiger partial charge in [-0.15, -0.1) is 0 Å². The molecule has 158 valence electrons. The van der Waals surface area contributed by atoms with Gasteiger partial charge in [-0.2, -0.15) is 4.98 Å². The summed E-state index contributed by atoms with van der Waals surface area (Å²) in [6, 6.07) is 15.9. The summed E-state index contributed by atoms with van der Waals surface area (Å²) in [4.78, 5) is 16.8. The lowest BCUT2D eigenvalue weighted by atomic mass is 10.1. The van der Waals surface area contributed by atoms with Crippen molar-refractivity contribution < 1.29 is 22.0 Å². The molecule has 0 atom stereocenters. The van der Waals surface area contributed by atoms with Crippen LogP contribution in [-0.4, -0.2) is 24.9 Å². The predicted octanol–water partition coefficient (Wildman–Crippen LogP) is 6.16. The quantitative estimate of drug-likeness (QED) is 0.206. The molecular weight excluding hydrogens is 526 g/mol. The number of hydrogen-bond acceptors (Lipinski definition) is 7. The van der Waals surface area contributed by atoms with Crippen molar-refractivity contribution in [3.63, 3.8) is 0 Å². The first-order valence-electron chi connectivity index (χ1n) is 8.81. The summed E-state index contributed by atoms with van der Waals surface area (Å²) in [6.07, 6.45) is 1.43. The van der Waals surface area contributed by atoms with E-state index in [0.717, 1.165) is 16.2 Å². The first-order chi connectivity index (χ1) is 14.8. The summed E-state index contributed by atoms with van der Waals surface area (Å²) < 4.78 is 38.2. The van der Waals surface area contributed by atoms with Gasteiger partial charge >= 0.3 is 0 Å². The van der Waals surface area contributed by atoms with Crippen molar-refractivity contribution in [2.75, 3.05) is 5.75 Å². The molecule has 0 saturated carbocycles. The molecule has 0 fully saturated rings. The summed E-state index contributed by atoms with van der Waals surface area (Å²) >= 11 is 10.1. The predicted molar refractivity (Wildman–Crippen MR) is 120 cm³/mol. The minimum absolute atomic E-state index is 0.0108. The van der Waals surface area contributed by atoms with Crippen molar-refractivity contribution in [3.8, 4) is 11.7 Å². The maximum atomic E-state index is 13.2. The molecule has 2 heterocycles. The Morgan fingerprint density at radius 2 is 1.77 bits per heavy atom. The first kappa shape index (κ1) is 21.9. The van der Waals surface area contributed by atoms with Crippen LogP contribution in [0.15, 0.2) is 95.2 Å². The maximum Gasteiger partial charge on any atom is 0.265 e. The second-order valence-electron chi connectivity index (χ2n) is 6.27. The van der Waals surface area contributed by atoms with E-state index in [1.165, 1.54) is 18.4 Å². The lowest BCUT2D eigenvalue weighted by molar-refractivity contribution is 0.102. The number of nitrogens with zero attached hydrogens (tertiary/aromatic N) is 1. The molecule has 4 aromatic rings. The monoisotopic (exact) mass is 537 g/mol. The minimum atomic E-state index is -3.99. The van der Waals surface area contributed by atoms with Gasteiger partial charge in [0.05, 0.1) is 16.9 Å². The van der Waals surface area contributed by atoms with Gasteiger partial charge in [-0.1, -0.05) is 39.3 Å². The molecule has 0 spiro atoms. The number of thioether (sulfide) groups is 1. The van der Waals surface area contributed by atoms with Gasteiger partial charge in [0.15, 0.2) is 11.5 Å². The fourth-order valence-corrected chi connectivity index (χ4v) is 5.45. The summed E-state index contributed by atoms with van der Waals surface area (Å²) in [5, 5.41) is 0.261. The summed E-state index contributed by atoms with van der Waals surface area (Å²) in [7, 11) is -3.99. The van der Waals surface area contributed by atoms with Crippen LogP contribution in [0.2, 0.25) is 5.02 Å². The van der Waals surface area contributed by atoms with E-state index in [1.807, 2.05) is 0 Å². The van der Waals surface area contributed by atoms with E-state index < -0.39 is 9.84 Å². The highest BCUT2D eigenvalue weighted by Crippen LogP contribution is 2.35. The Morgan fingerprint density at radius 1 is 1.06 bits per heavy atom. The summed E-state index contributed by atoms with van der Waals surface area (Å²) in [5.41, 5.74) is 0.458. The van der Waals surface area contributed by atoms with Crippen LogP contribution >= 0.6 is 39.3 Å². The number of hydrogen-bond donors (Lipinski definition) is 0. The van der Waals surface area contributed by atoms with Crippen LogP contribution in [-0.2, 0) is 9.84 Å². The lowest BCUT2D eigenvalue weighted by Gasteiger charge is -2.04. The van der Waals surface area contributed by atoms with E-state index in [4.69, 9.17) is 20.4 Å². The van der Waals surface area contributed by atoms with E-state index in [0.29, 0.717) is 10.6 Å². The Kier molecular flexibility index (Phi) is 6.38. The zero-order valence-corrected chi connectivity index (χ0v) is 19.6. The topological polar surface area (TPSA) is 90.4 Å². The van der Waals surface area contributed by atoms with Crippen molar-refractivity contribution in [1.82, 2.24) is 4.98 Å². The summed E-state index contributed by atoms with van der Waals surface area (Å²) in [6.45, 7) is 0. The third-order valence-electron chi connectivity index (χ3n) is 4.18. The maximum absolute atomic E-state index is 13.2. The Labute approximate surface area is 195 Å². The Balaban J connectivity index is 1.68. The van der Waals surface area contributed by atoms with Crippen LogP contribution in [0.1, 0.15) is 10.4 Å². The standard InChI is InChI=1S/C21H13BrClNO5S2/c22-14-5-9-16(10-6-14)31(26,27)20-21(29-19(24-20)18-2-1-11-28-18)30-12-17(25)13-3-7-15(23)8-4-13/h1-11H,12H2. The lowest BCUT2D eigenvalue weighted by Crippen LogP contribution is -2.05. The first-order valence-corrected chi connectivity index (χ1v) is 12.5. The number of aromatic nitrogens is 1. The molecule has 0 unspecified atom stereocenters. The number of sulfone groups is 1. The van der Waals surface area contributed by atoms with Gasteiger partial charge in [0, 0.05) is 15.1 Å². The largest absolute Gasteiger partial charge is 0.459 e. The van der Waals surface area contributed by atoms with E-state index in [-0.39, 0.29) is 38.2 Å². The average Bonchev–Trinajstić information content (AvgIpc) is 3.43. The number of furan rings is 1. The van der Waals surface area contributed by atoms with Gasteiger partial charge in [-0.25, -0.2) is 8.42 Å². The second kappa shape index (κ2) is 9.04. The van der Waals surface area contributed by atoms with Crippen LogP contribution < -0.4 is 0 Å².